The van der Waals surface area contributed by atoms with Crippen LogP contribution >= 0.6 is 0 Å². The van der Waals surface area contributed by atoms with E-state index < -0.39 is 0 Å². The molecule has 4 aromatic rings. The van der Waals surface area contributed by atoms with E-state index in [4.69, 9.17) is 9.47 Å². The van der Waals surface area contributed by atoms with Gasteiger partial charge in [0.25, 0.3) is 0 Å². The Morgan fingerprint density at radius 3 is 2.65 bits per heavy atom. The summed E-state index contributed by atoms with van der Waals surface area (Å²) in [6, 6.07) is 12.3. The summed E-state index contributed by atoms with van der Waals surface area (Å²) in [5.74, 6) is 1.37. The molecule has 0 aliphatic carbocycles. The lowest BCUT2D eigenvalue weighted by Crippen LogP contribution is -1.98. The molecule has 0 amide bonds. The van der Waals surface area contributed by atoms with Crippen molar-refractivity contribution in [2.45, 2.75) is 0 Å². The summed E-state index contributed by atoms with van der Waals surface area (Å²) in [6.07, 6.45) is 1.66. The zero-order valence-corrected chi connectivity index (χ0v) is 14.1. The molecule has 0 saturated carbocycles. The molecule has 0 radical (unpaired) electrons. The number of phenols is 1. The van der Waals surface area contributed by atoms with Crippen molar-refractivity contribution in [3.63, 3.8) is 0 Å². The molecular formula is C18H15N5O3. The summed E-state index contributed by atoms with van der Waals surface area (Å²) in [5, 5.41) is 22.4. The normalized spacial score (nSPS) is 11.5. The number of hydrogen-bond acceptors (Lipinski definition) is 7. The van der Waals surface area contributed by atoms with E-state index in [0.717, 1.165) is 16.5 Å². The number of nitrogens with zero attached hydrogens (tertiary/aromatic N) is 5. The van der Waals surface area contributed by atoms with Gasteiger partial charge in [0, 0.05) is 29.3 Å². The van der Waals surface area contributed by atoms with E-state index >= 15 is 0 Å². The molecule has 2 aromatic carbocycles. The summed E-state index contributed by atoms with van der Waals surface area (Å²) in [5.41, 5.74) is 2.71. The Labute approximate surface area is 148 Å². The molecule has 26 heavy (non-hydrogen) atoms. The van der Waals surface area contributed by atoms with Gasteiger partial charge < -0.3 is 14.6 Å². The first-order chi connectivity index (χ1) is 12.7. The molecule has 0 spiro atoms. The van der Waals surface area contributed by atoms with Crippen LogP contribution in [-0.4, -0.2) is 45.6 Å². The molecule has 0 unspecified atom stereocenters. The molecule has 1 N–H and O–H groups in total. The lowest BCUT2D eigenvalue weighted by Gasteiger charge is -2.10. The molecular weight excluding hydrogens is 334 g/mol. The van der Waals surface area contributed by atoms with Gasteiger partial charge in [-0.2, -0.15) is 4.52 Å². The van der Waals surface area contributed by atoms with Crippen molar-refractivity contribution in [1.82, 2.24) is 20.0 Å². The molecule has 0 aliphatic rings. The van der Waals surface area contributed by atoms with E-state index in [-0.39, 0.29) is 5.75 Å². The van der Waals surface area contributed by atoms with E-state index in [1.54, 1.807) is 49.2 Å². The number of methoxy groups -OCH3 is 2. The number of tetrazole rings is 1. The highest BCUT2D eigenvalue weighted by Crippen LogP contribution is 2.32. The van der Waals surface area contributed by atoms with Crippen LogP contribution in [0.5, 0.6) is 17.2 Å². The van der Waals surface area contributed by atoms with Gasteiger partial charge in [-0.1, -0.05) is 6.07 Å². The second kappa shape index (κ2) is 6.32. The minimum Gasteiger partial charge on any atom is -0.508 e. The zero-order chi connectivity index (χ0) is 18.1. The van der Waals surface area contributed by atoms with E-state index in [2.05, 4.69) is 20.5 Å². The number of hydrogen-bond donors (Lipinski definition) is 1. The minimum atomic E-state index is 0.157. The van der Waals surface area contributed by atoms with Crippen LogP contribution in [0.1, 0.15) is 5.56 Å². The largest absolute Gasteiger partial charge is 0.508 e. The van der Waals surface area contributed by atoms with Crippen LogP contribution in [0.4, 0.5) is 5.69 Å². The van der Waals surface area contributed by atoms with Crippen molar-refractivity contribution < 1.29 is 14.6 Å². The number of pyridine rings is 1. The number of rotatable bonds is 4. The molecule has 2 aromatic heterocycles. The van der Waals surface area contributed by atoms with Gasteiger partial charge >= 0.3 is 0 Å². The fourth-order valence-electron chi connectivity index (χ4n) is 2.76. The summed E-state index contributed by atoms with van der Waals surface area (Å²) < 4.78 is 12.4. The van der Waals surface area contributed by atoms with Gasteiger partial charge in [0.1, 0.15) is 5.75 Å². The summed E-state index contributed by atoms with van der Waals surface area (Å²) >= 11 is 0. The Kier molecular flexibility index (Phi) is 3.85. The van der Waals surface area contributed by atoms with Crippen molar-refractivity contribution >= 4 is 28.5 Å². The van der Waals surface area contributed by atoms with Gasteiger partial charge in [0.15, 0.2) is 17.1 Å². The average Bonchev–Trinajstić information content (AvgIpc) is 3.15. The average molecular weight is 349 g/mol. The topological polar surface area (TPSA) is 94.1 Å². The number of phenolic OH excluding ortho intramolecular Hbond substituents is 1. The molecule has 0 bridgehead atoms. The Morgan fingerprint density at radius 2 is 1.88 bits per heavy atom. The van der Waals surface area contributed by atoms with Crippen LogP contribution in [-0.2, 0) is 0 Å². The van der Waals surface area contributed by atoms with E-state index in [9.17, 15) is 5.11 Å². The molecule has 8 nitrogen and oxygen atoms in total. The van der Waals surface area contributed by atoms with Gasteiger partial charge in [0.2, 0.25) is 0 Å². The summed E-state index contributed by atoms with van der Waals surface area (Å²) in [4.78, 5) is 4.40. The Balaban J connectivity index is 1.90. The summed E-state index contributed by atoms with van der Waals surface area (Å²) in [7, 11) is 3.17. The fourth-order valence-corrected chi connectivity index (χ4v) is 2.76. The van der Waals surface area contributed by atoms with Gasteiger partial charge in [-0.3, -0.25) is 4.99 Å². The third-order valence-electron chi connectivity index (χ3n) is 3.98. The lowest BCUT2D eigenvalue weighted by atomic mass is 10.1. The van der Waals surface area contributed by atoms with Crippen LogP contribution in [0.3, 0.4) is 0 Å². The zero-order valence-electron chi connectivity index (χ0n) is 14.1. The third kappa shape index (κ3) is 2.67. The molecule has 0 aliphatic heterocycles. The Hall–Kier alpha value is -3.68. The smallest absolute Gasteiger partial charge is 0.188 e. The number of aliphatic imine (C=N–C) groups is 1. The van der Waals surface area contributed by atoms with Crippen LogP contribution in [0, 0.1) is 0 Å². The Morgan fingerprint density at radius 1 is 1.08 bits per heavy atom. The lowest BCUT2D eigenvalue weighted by molar-refractivity contribution is 0.355. The molecule has 130 valence electrons. The number of ether oxygens (including phenoxy) is 2. The predicted octanol–water partition coefficient (Wildman–Crippen LogP) is 2.75. The number of benzene rings is 2. The van der Waals surface area contributed by atoms with Crippen molar-refractivity contribution in [1.29, 1.82) is 0 Å². The van der Waals surface area contributed by atoms with Crippen LogP contribution in [0.15, 0.2) is 47.5 Å². The Bertz CT molecular complexity index is 1140. The fraction of sp³-hybridized carbons (Fsp3) is 0.111. The quantitative estimate of drug-likeness (QED) is 0.569. The monoisotopic (exact) mass is 349 g/mol. The second-order valence-corrected chi connectivity index (χ2v) is 5.56. The van der Waals surface area contributed by atoms with Crippen molar-refractivity contribution in [2.24, 2.45) is 4.99 Å². The van der Waals surface area contributed by atoms with Crippen molar-refractivity contribution in [3.05, 3.63) is 48.0 Å². The second-order valence-electron chi connectivity index (χ2n) is 5.56. The number of fused-ring (bicyclic) bond motifs is 3. The van der Waals surface area contributed by atoms with Crippen LogP contribution in [0.25, 0.3) is 16.6 Å². The highest BCUT2D eigenvalue weighted by Gasteiger charge is 2.13. The standard InChI is InChI=1S/C18H15N5O3/c1-25-16-7-11-6-12(10-19-13-4-3-5-14(24)8-13)18-20-21-22-23(18)15(11)9-17(16)26-2/h3-10,24H,1-2H3/b19-10+. The number of aromatic nitrogens is 4. The maximum atomic E-state index is 9.56. The maximum Gasteiger partial charge on any atom is 0.188 e. The van der Waals surface area contributed by atoms with Gasteiger partial charge in [-0.15, -0.1) is 5.10 Å². The van der Waals surface area contributed by atoms with Gasteiger partial charge in [-0.25, -0.2) is 0 Å². The third-order valence-corrected chi connectivity index (χ3v) is 3.98. The molecule has 0 fully saturated rings. The van der Waals surface area contributed by atoms with Crippen molar-refractivity contribution in [2.75, 3.05) is 14.2 Å². The first kappa shape index (κ1) is 15.8. The molecule has 2 heterocycles. The minimum absolute atomic E-state index is 0.157. The van der Waals surface area contributed by atoms with E-state index in [0.29, 0.717) is 22.8 Å². The van der Waals surface area contributed by atoms with Gasteiger partial charge in [0.05, 0.1) is 25.4 Å². The van der Waals surface area contributed by atoms with Crippen LogP contribution in [0.2, 0.25) is 0 Å². The first-order valence-corrected chi connectivity index (χ1v) is 7.79. The predicted molar refractivity (Wildman–Crippen MR) is 96.8 cm³/mol. The van der Waals surface area contributed by atoms with Gasteiger partial charge in [-0.05, 0) is 34.7 Å². The van der Waals surface area contributed by atoms with E-state index in [1.165, 1.54) is 0 Å². The van der Waals surface area contributed by atoms with Crippen LogP contribution < -0.4 is 9.47 Å². The molecule has 4 rings (SSSR count). The molecule has 0 atom stereocenters. The molecule has 8 heteroatoms. The molecule has 0 saturated heterocycles. The maximum absolute atomic E-state index is 9.56. The number of aromatic hydroxyl groups is 1. The van der Waals surface area contributed by atoms with E-state index in [1.807, 2.05) is 18.2 Å². The highest BCUT2D eigenvalue weighted by atomic mass is 16.5. The SMILES string of the molecule is COc1cc2cc(/C=N/c3cccc(O)c3)c3nnnn3c2cc1OC. The van der Waals surface area contributed by atoms with Crippen molar-refractivity contribution in [3.8, 4) is 17.2 Å². The first-order valence-electron chi connectivity index (χ1n) is 7.79. The summed E-state index contributed by atoms with van der Waals surface area (Å²) in [6.45, 7) is 0. The highest BCUT2D eigenvalue weighted by molar-refractivity contribution is 5.96.